The number of rotatable bonds is 4. The van der Waals surface area contributed by atoms with E-state index >= 15 is 0 Å². The van der Waals surface area contributed by atoms with Gasteiger partial charge in [-0.05, 0) is 12.1 Å². The van der Waals surface area contributed by atoms with Gasteiger partial charge in [0.15, 0.2) is 0 Å². The largest absolute Gasteiger partial charge is 0.259 e. The average Bonchev–Trinajstić information content (AvgIpc) is 2.85. The SMILES string of the molecule is CC(C)/C(=C/c1cnn(-c2ccccc2)n1)[N+](=O)[O-]. The molecule has 1 heterocycles. The van der Waals surface area contributed by atoms with Crippen molar-refractivity contribution in [1.29, 1.82) is 0 Å². The lowest BCUT2D eigenvalue weighted by Crippen LogP contribution is -2.05. The molecule has 0 saturated heterocycles. The van der Waals surface area contributed by atoms with Gasteiger partial charge in [-0.25, -0.2) is 0 Å². The molecule has 0 fully saturated rings. The highest BCUT2D eigenvalue weighted by atomic mass is 16.6. The first-order valence-corrected chi connectivity index (χ1v) is 5.91. The summed E-state index contributed by atoms with van der Waals surface area (Å²) in [5.41, 5.74) is 1.42. The Labute approximate surface area is 110 Å². The summed E-state index contributed by atoms with van der Waals surface area (Å²) in [6.07, 6.45) is 2.97. The van der Waals surface area contributed by atoms with Crippen molar-refractivity contribution < 1.29 is 4.92 Å². The summed E-state index contributed by atoms with van der Waals surface area (Å²) in [7, 11) is 0. The smallest absolute Gasteiger partial charge is 0.251 e. The Morgan fingerprint density at radius 1 is 1.37 bits per heavy atom. The molecule has 0 atom stereocenters. The molecule has 0 amide bonds. The number of benzene rings is 1. The fraction of sp³-hybridized carbons (Fsp3) is 0.231. The normalized spacial score (nSPS) is 11.8. The number of allylic oxidation sites excluding steroid dienone is 1. The van der Waals surface area contributed by atoms with Crippen molar-refractivity contribution in [2.45, 2.75) is 13.8 Å². The number of para-hydroxylation sites is 1. The molecule has 0 saturated carbocycles. The van der Waals surface area contributed by atoms with Crippen LogP contribution in [0.4, 0.5) is 0 Å². The van der Waals surface area contributed by atoms with Gasteiger partial charge in [0.1, 0.15) is 5.69 Å². The minimum Gasteiger partial charge on any atom is -0.259 e. The Morgan fingerprint density at radius 3 is 2.63 bits per heavy atom. The molecule has 0 aliphatic rings. The summed E-state index contributed by atoms with van der Waals surface area (Å²) in [6.45, 7) is 3.55. The van der Waals surface area contributed by atoms with Gasteiger partial charge in [0.25, 0.3) is 5.70 Å². The van der Waals surface area contributed by atoms with Crippen LogP contribution in [-0.4, -0.2) is 19.9 Å². The van der Waals surface area contributed by atoms with Gasteiger partial charge < -0.3 is 0 Å². The van der Waals surface area contributed by atoms with Crippen LogP contribution >= 0.6 is 0 Å². The maximum Gasteiger partial charge on any atom is 0.251 e. The maximum absolute atomic E-state index is 10.9. The van der Waals surface area contributed by atoms with Crippen molar-refractivity contribution in [3.63, 3.8) is 0 Å². The van der Waals surface area contributed by atoms with Gasteiger partial charge >= 0.3 is 0 Å². The number of hydrogen-bond donors (Lipinski definition) is 0. The van der Waals surface area contributed by atoms with E-state index in [0.29, 0.717) is 5.69 Å². The summed E-state index contributed by atoms with van der Waals surface area (Å²) in [5, 5.41) is 19.2. The van der Waals surface area contributed by atoms with Crippen molar-refractivity contribution in [3.05, 3.63) is 58.0 Å². The van der Waals surface area contributed by atoms with Crippen molar-refractivity contribution in [2.24, 2.45) is 5.92 Å². The lowest BCUT2D eigenvalue weighted by atomic mass is 10.1. The standard InChI is InChI=1S/C13H14N4O2/c1-10(2)13(17(18)19)8-11-9-14-16(15-11)12-6-4-3-5-7-12/h3-10H,1-2H3/b13-8-. The molecule has 1 aromatic heterocycles. The fourth-order valence-electron chi connectivity index (χ4n) is 1.61. The third-order valence-corrected chi connectivity index (χ3v) is 2.59. The van der Waals surface area contributed by atoms with Gasteiger partial charge in [-0.3, -0.25) is 10.1 Å². The molecular weight excluding hydrogens is 244 g/mol. The number of nitro groups is 1. The van der Waals surface area contributed by atoms with Gasteiger partial charge in [-0.1, -0.05) is 32.0 Å². The van der Waals surface area contributed by atoms with Crippen LogP contribution in [0.3, 0.4) is 0 Å². The molecule has 2 aromatic rings. The van der Waals surface area contributed by atoms with Gasteiger partial charge in [0.2, 0.25) is 0 Å². The monoisotopic (exact) mass is 258 g/mol. The van der Waals surface area contributed by atoms with E-state index in [0.717, 1.165) is 5.69 Å². The summed E-state index contributed by atoms with van der Waals surface area (Å²) in [6, 6.07) is 9.39. The second kappa shape index (κ2) is 5.43. The summed E-state index contributed by atoms with van der Waals surface area (Å²) in [4.78, 5) is 12.0. The first-order chi connectivity index (χ1) is 9.08. The van der Waals surface area contributed by atoms with Crippen molar-refractivity contribution in [2.75, 3.05) is 0 Å². The minimum atomic E-state index is -0.383. The van der Waals surface area contributed by atoms with Crippen molar-refractivity contribution in [3.8, 4) is 5.69 Å². The van der Waals surface area contributed by atoms with Gasteiger partial charge in [-0.2, -0.15) is 9.90 Å². The topological polar surface area (TPSA) is 73.8 Å². The molecule has 98 valence electrons. The number of aromatic nitrogens is 3. The third kappa shape index (κ3) is 3.04. The zero-order chi connectivity index (χ0) is 13.8. The van der Waals surface area contributed by atoms with E-state index in [2.05, 4.69) is 10.2 Å². The predicted octanol–water partition coefficient (Wildman–Crippen LogP) is 2.54. The van der Waals surface area contributed by atoms with Gasteiger partial charge in [-0.15, -0.1) is 5.10 Å². The second-order valence-corrected chi connectivity index (χ2v) is 4.38. The molecule has 1 aromatic carbocycles. The molecule has 6 nitrogen and oxygen atoms in total. The summed E-state index contributed by atoms with van der Waals surface area (Å²) in [5.74, 6) is -0.170. The molecule has 0 radical (unpaired) electrons. The van der Waals surface area contributed by atoms with Crippen LogP contribution in [0, 0.1) is 16.0 Å². The molecule has 0 N–H and O–H groups in total. The average molecular weight is 258 g/mol. The van der Waals surface area contributed by atoms with Gasteiger partial charge in [0.05, 0.1) is 16.8 Å². The van der Waals surface area contributed by atoms with E-state index in [4.69, 9.17) is 0 Å². The predicted molar refractivity (Wildman–Crippen MR) is 71.2 cm³/mol. The highest BCUT2D eigenvalue weighted by molar-refractivity contribution is 5.46. The second-order valence-electron chi connectivity index (χ2n) is 4.38. The Balaban J connectivity index is 2.32. The van der Waals surface area contributed by atoms with Crippen molar-refractivity contribution >= 4 is 6.08 Å². The van der Waals surface area contributed by atoms with Crippen LogP contribution in [0.1, 0.15) is 19.5 Å². The Morgan fingerprint density at radius 2 is 2.05 bits per heavy atom. The molecule has 0 unspecified atom stereocenters. The van der Waals surface area contributed by atoms with Crippen LogP contribution in [0.25, 0.3) is 11.8 Å². The molecule has 0 spiro atoms. The molecule has 0 bridgehead atoms. The maximum atomic E-state index is 10.9. The quantitative estimate of drug-likeness (QED) is 0.624. The Kier molecular flexibility index (Phi) is 3.70. The number of nitrogens with zero attached hydrogens (tertiary/aromatic N) is 4. The van der Waals surface area contributed by atoms with Crippen LogP contribution in [0.5, 0.6) is 0 Å². The number of hydrogen-bond acceptors (Lipinski definition) is 4. The highest BCUT2D eigenvalue weighted by Gasteiger charge is 2.16. The fourth-order valence-corrected chi connectivity index (χ4v) is 1.61. The van der Waals surface area contributed by atoms with E-state index in [1.807, 2.05) is 30.3 Å². The molecule has 6 heteroatoms. The van der Waals surface area contributed by atoms with E-state index in [1.165, 1.54) is 17.1 Å². The molecule has 2 rings (SSSR count). The molecule has 19 heavy (non-hydrogen) atoms. The minimum absolute atomic E-state index is 0.125. The third-order valence-electron chi connectivity index (χ3n) is 2.59. The van der Waals surface area contributed by atoms with Crippen LogP contribution in [0.15, 0.2) is 42.2 Å². The van der Waals surface area contributed by atoms with Crippen LogP contribution in [0.2, 0.25) is 0 Å². The summed E-state index contributed by atoms with van der Waals surface area (Å²) >= 11 is 0. The lowest BCUT2D eigenvalue weighted by molar-refractivity contribution is -0.431. The first kappa shape index (κ1) is 12.9. The van der Waals surface area contributed by atoms with Crippen LogP contribution in [-0.2, 0) is 0 Å². The van der Waals surface area contributed by atoms with E-state index < -0.39 is 0 Å². The zero-order valence-corrected chi connectivity index (χ0v) is 10.7. The first-order valence-electron chi connectivity index (χ1n) is 5.91. The Hall–Kier alpha value is -2.50. The van der Waals surface area contributed by atoms with Crippen molar-refractivity contribution in [1.82, 2.24) is 15.0 Å². The molecule has 0 aliphatic carbocycles. The van der Waals surface area contributed by atoms with E-state index in [1.54, 1.807) is 13.8 Å². The zero-order valence-electron chi connectivity index (χ0n) is 10.7. The van der Waals surface area contributed by atoms with E-state index in [9.17, 15) is 10.1 Å². The van der Waals surface area contributed by atoms with Gasteiger partial charge in [0, 0.05) is 12.0 Å². The van der Waals surface area contributed by atoms with Crippen LogP contribution < -0.4 is 0 Å². The highest BCUT2D eigenvalue weighted by Crippen LogP contribution is 2.14. The summed E-state index contributed by atoms with van der Waals surface area (Å²) < 4.78 is 0. The Bertz CT molecular complexity index is 602. The lowest BCUT2D eigenvalue weighted by Gasteiger charge is -2.00. The van der Waals surface area contributed by atoms with E-state index in [-0.39, 0.29) is 16.5 Å². The molecular formula is C13H14N4O2. The molecule has 0 aliphatic heterocycles.